The van der Waals surface area contributed by atoms with Crippen LogP contribution in [-0.4, -0.2) is 38.9 Å². The average molecular weight is 431 g/mol. The Hall–Kier alpha value is -3.32. The van der Waals surface area contributed by atoms with Gasteiger partial charge in [-0.3, -0.25) is 9.98 Å². The first-order chi connectivity index (χ1) is 15.6. The Morgan fingerprint density at radius 3 is 2.53 bits per heavy atom. The van der Waals surface area contributed by atoms with Gasteiger partial charge in [0.05, 0.1) is 18.3 Å². The van der Waals surface area contributed by atoms with Crippen LogP contribution < -0.4 is 10.6 Å². The van der Waals surface area contributed by atoms with E-state index >= 15 is 0 Å². The highest BCUT2D eigenvalue weighted by Gasteiger charge is 2.28. The van der Waals surface area contributed by atoms with Crippen molar-refractivity contribution < 1.29 is 5.11 Å². The van der Waals surface area contributed by atoms with E-state index in [1.807, 2.05) is 25.4 Å². The molecule has 0 spiro atoms. The lowest BCUT2D eigenvalue weighted by Gasteiger charge is -2.19. The molecule has 1 aromatic carbocycles. The molecule has 0 saturated heterocycles. The molecule has 3 heterocycles. The fourth-order valence-corrected chi connectivity index (χ4v) is 3.73. The number of pyridine rings is 1. The number of benzene rings is 1. The number of aliphatic hydroxyl groups is 1. The van der Waals surface area contributed by atoms with Gasteiger partial charge in [0, 0.05) is 31.1 Å². The van der Waals surface area contributed by atoms with E-state index in [0.717, 1.165) is 34.5 Å². The van der Waals surface area contributed by atoms with Crippen LogP contribution in [0.25, 0.3) is 11.1 Å². The molecule has 0 fully saturated rings. The van der Waals surface area contributed by atoms with Crippen molar-refractivity contribution in [1.29, 1.82) is 0 Å². The van der Waals surface area contributed by atoms with Crippen molar-refractivity contribution in [1.82, 2.24) is 15.0 Å². The first kappa shape index (κ1) is 21.9. The Morgan fingerprint density at radius 1 is 1.06 bits per heavy atom. The van der Waals surface area contributed by atoms with Crippen molar-refractivity contribution in [3.8, 4) is 11.1 Å². The summed E-state index contributed by atoms with van der Waals surface area (Å²) in [7, 11) is 0. The van der Waals surface area contributed by atoms with Crippen molar-refractivity contribution in [3.05, 3.63) is 60.0 Å². The lowest BCUT2D eigenvalue weighted by molar-refractivity contribution is 0.271. The topological polar surface area (TPSA) is 95.3 Å². The molecule has 4 rings (SSSR count). The zero-order valence-corrected chi connectivity index (χ0v) is 18.8. The van der Waals surface area contributed by atoms with Crippen LogP contribution in [0.1, 0.15) is 44.4 Å². The number of anilines is 2. The second-order valence-electron chi connectivity index (χ2n) is 8.40. The average Bonchev–Trinajstić information content (AvgIpc) is 3.26. The van der Waals surface area contributed by atoms with Crippen LogP contribution in [0.15, 0.2) is 53.8 Å². The summed E-state index contributed by atoms with van der Waals surface area (Å²) >= 11 is 0. The fourth-order valence-electron chi connectivity index (χ4n) is 3.73. The third-order valence-electron chi connectivity index (χ3n) is 5.76. The first-order valence-corrected chi connectivity index (χ1v) is 11.2. The van der Waals surface area contributed by atoms with Crippen molar-refractivity contribution >= 4 is 23.7 Å². The number of hydrogen-bond donors (Lipinski definition) is 3. The summed E-state index contributed by atoms with van der Waals surface area (Å²) in [5, 5.41) is 16.3. The van der Waals surface area contributed by atoms with Gasteiger partial charge in [0.1, 0.15) is 5.69 Å². The van der Waals surface area contributed by atoms with E-state index in [4.69, 9.17) is 4.98 Å². The molecule has 0 aliphatic carbocycles. The lowest BCUT2D eigenvalue weighted by atomic mass is 9.94. The lowest BCUT2D eigenvalue weighted by Crippen LogP contribution is -2.24. The monoisotopic (exact) mass is 430 g/mol. The number of rotatable bonds is 9. The zero-order chi connectivity index (χ0) is 22.5. The Balaban J connectivity index is 1.55. The summed E-state index contributed by atoms with van der Waals surface area (Å²) in [5.41, 5.74) is 5.11. The number of nitrogens with one attached hydrogen (secondary N) is 2. The van der Waals surface area contributed by atoms with Gasteiger partial charge in [0.15, 0.2) is 5.82 Å². The molecule has 0 radical (unpaired) electrons. The van der Waals surface area contributed by atoms with E-state index < -0.39 is 0 Å². The molecule has 166 valence electrons. The van der Waals surface area contributed by atoms with Gasteiger partial charge in [-0.2, -0.15) is 4.98 Å². The van der Waals surface area contributed by atoms with Crippen molar-refractivity contribution in [2.45, 2.75) is 45.7 Å². The Kier molecular flexibility index (Phi) is 6.75. The van der Waals surface area contributed by atoms with Crippen LogP contribution >= 0.6 is 0 Å². The normalized spacial score (nSPS) is 15.6. The third-order valence-corrected chi connectivity index (χ3v) is 5.76. The Labute approximate surface area is 189 Å². The molecular weight excluding hydrogens is 400 g/mol. The molecule has 1 aliphatic rings. The molecule has 7 heteroatoms. The minimum absolute atomic E-state index is 0.0348. The zero-order valence-electron chi connectivity index (χ0n) is 18.8. The highest BCUT2D eigenvalue weighted by molar-refractivity contribution is 5.85. The fraction of sp³-hybridized carbons (Fsp3) is 0.360. The molecule has 3 aromatic rings. The number of aliphatic hydroxyl groups excluding tert-OH is 1. The predicted molar refractivity (Wildman–Crippen MR) is 130 cm³/mol. The van der Waals surface area contributed by atoms with Crippen LogP contribution in [-0.2, 0) is 6.54 Å². The maximum atomic E-state index is 9.58. The molecule has 32 heavy (non-hydrogen) atoms. The second kappa shape index (κ2) is 9.87. The van der Waals surface area contributed by atoms with E-state index in [2.05, 4.69) is 69.8 Å². The standard InChI is InChI=1S/C25H30N6O/c1-4-20(15-32)29-25-30-22-21(16(2)3)14-27-23(22)24(31-25)28-12-17-7-9-18(10-8-17)19-6-5-11-26-13-19/h5-11,13-14,16,20-21,32H,4,12,15H2,1-3H3,(H2,28,29,30,31)/t20-,21?/m1/s1. The van der Waals surface area contributed by atoms with Crippen LogP contribution in [0.5, 0.6) is 0 Å². The summed E-state index contributed by atoms with van der Waals surface area (Å²) in [6.45, 7) is 7.01. The maximum Gasteiger partial charge on any atom is 0.225 e. The summed E-state index contributed by atoms with van der Waals surface area (Å²) in [6, 6.07) is 12.3. The van der Waals surface area contributed by atoms with Crippen LogP contribution in [0.3, 0.4) is 0 Å². The van der Waals surface area contributed by atoms with Gasteiger partial charge in [0.2, 0.25) is 5.95 Å². The predicted octanol–water partition coefficient (Wildman–Crippen LogP) is 4.79. The minimum atomic E-state index is -0.0826. The highest BCUT2D eigenvalue weighted by atomic mass is 16.3. The van der Waals surface area contributed by atoms with Crippen molar-refractivity contribution in [2.24, 2.45) is 10.9 Å². The van der Waals surface area contributed by atoms with Gasteiger partial charge >= 0.3 is 0 Å². The number of aliphatic imine (C=N–C) groups is 1. The summed E-state index contributed by atoms with van der Waals surface area (Å²) in [4.78, 5) is 18.3. The molecular formula is C25H30N6O. The Morgan fingerprint density at radius 2 is 1.88 bits per heavy atom. The van der Waals surface area contributed by atoms with E-state index in [1.54, 1.807) is 6.20 Å². The van der Waals surface area contributed by atoms with Gasteiger partial charge in [0.25, 0.3) is 0 Å². The van der Waals surface area contributed by atoms with Crippen LogP contribution in [0.4, 0.5) is 17.5 Å². The van der Waals surface area contributed by atoms with E-state index in [0.29, 0.717) is 24.2 Å². The van der Waals surface area contributed by atoms with Gasteiger partial charge in [-0.25, -0.2) is 4.98 Å². The van der Waals surface area contributed by atoms with E-state index in [9.17, 15) is 5.11 Å². The quantitative estimate of drug-likeness (QED) is 0.452. The number of aromatic nitrogens is 3. The summed E-state index contributed by atoms with van der Waals surface area (Å²) in [5.74, 6) is 1.77. The largest absolute Gasteiger partial charge is 0.394 e. The molecule has 3 N–H and O–H groups in total. The second-order valence-corrected chi connectivity index (χ2v) is 8.40. The molecule has 1 aliphatic heterocycles. The summed E-state index contributed by atoms with van der Waals surface area (Å²) in [6.07, 6.45) is 6.39. The summed E-state index contributed by atoms with van der Waals surface area (Å²) < 4.78 is 0. The van der Waals surface area contributed by atoms with Gasteiger partial charge in [-0.1, -0.05) is 51.1 Å². The third kappa shape index (κ3) is 4.78. The first-order valence-electron chi connectivity index (χ1n) is 11.2. The van der Waals surface area contributed by atoms with Crippen molar-refractivity contribution in [3.63, 3.8) is 0 Å². The minimum Gasteiger partial charge on any atom is -0.394 e. The number of nitrogens with zero attached hydrogens (tertiary/aromatic N) is 4. The molecule has 2 atom stereocenters. The molecule has 0 saturated carbocycles. The Bertz CT molecular complexity index is 1060. The van der Waals surface area contributed by atoms with Crippen LogP contribution in [0.2, 0.25) is 0 Å². The smallest absolute Gasteiger partial charge is 0.225 e. The van der Waals surface area contributed by atoms with Gasteiger partial charge in [-0.15, -0.1) is 0 Å². The molecule has 1 unspecified atom stereocenters. The number of hydrogen-bond acceptors (Lipinski definition) is 7. The van der Waals surface area contributed by atoms with E-state index in [1.165, 1.54) is 0 Å². The molecule has 0 bridgehead atoms. The number of fused-ring (bicyclic) bond motifs is 1. The molecule has 2 aromatic heterocycles. The molecule has 7 nitrogen and oxygen atoms in total. The van der Waals surface area contributed by atoms with Crippen molar-refractivity contribution in [2.75, 3.05) is 17.2 Å². The highest BCUT2D eigenvalue weighted by Crippen LogP contribution is 2.40. The van der Waals surface area contributed by atoms with Crippen LogP contribution in [0, 0.1) is 5.92 Å². The SMILES string of the molecule is CC[C@H](CO)Nc1nc(NCc2ccc(-c3cccnc3)cc2)c2c(n1)C(C(C)C)C=N2. The van der Waals surface area contributed by atoms with Gasteiger partial charge in [-0.05, 0) is 35.1 Å². The van der Waals surface area contributed by atoms with Gasteiger partial charge < -0.3 is 15.7 Å². The molecule has 0 amide bonds. The maximum absolute atomic E-state index is 9.58. The van der Waals surface area contributed by atoms with E-state index in [-0.39, 0.29) is 18.6 Å².